The van der Waals surface area contributed by atoms with Crippen LogP contribution >= 0.6 is 11.6 Å². The van der Waals surface area contributed by atoms with Crippen molar-refractivity contribution >= 4 is 29.1 Å². The third-order valence-corrected chi connectivity index (χ3v) is 4.45. The number of hydrogen-bond donors (Lipinski definition) is 2. The van der Waals surface area contributed by atoms with Crippen molar-refractivity contribution in [1.29, 1.82) is 5.41 Å². The van der Waals surface area contributed by atoms with Gasteiger partial charge in [0, 0.05) is 27.8 Å². The topological polar surface area (TPSA) is 78.2 Å². The van der Waals surface area contributed by atoms with Crippen LogP contribution in [0.1, 0.15) is 46.8 Å². The lowest BCUT2D eigenvalue weighted by Crippen LogP contribution is -2.18. The van der Waals surface area contributed by atoms with Gasteiger partial charge in [0.1, 0.15) is 0 Å². The largest absolute Gasteiger partial charge is 0.481 e. The summed E-state index contributed by atoms with van der Waals surface area (Å²) in [5.74, 6) is -1.36. The zero-order chi connectivity index (χ0) is 18.6. The lowest BCUT2D eigenvalue weighted by atomic mass is 9.90. The molecule has 0 amide bonds. The third kappa shape index (κ3) is 4.54. The van der Waals surface area contributed by atoms with Gasteiger partial charge in [0.05, 0.1) is 6.42 Å². The van der Waals surface area contributed by atoms with E-state index in [1.807, 2.05) is 13.8 Å². The Kier molecular flexibility index (Phi) is 6.10. The molecule has 0 aliphatic rings. The Bertz CT molecular complexity index is 812. The molecule has 2 aromatic carbocycles. The second-order valence-corrected chi connectivity index (χ2v) is 6.42. The lowest BCUT2D eigenvalue weighted by molar-refractivity contribution is -0.137. The Morgan fingerprint density at radius 3 is 2.24 bits per heavy atom. The second kappa shape index (κ2) is 8.08. The van der Waals surface area contributed by atoms with Crippen LogP contribution in [-0.2, 0) is 4.79 Å². The molecule has 25 heavy (non-hydrogen) atoms. The number of aliphatic carboxylic acids is 1. The number of carbonyl (C=O) groups is 2. The molecule has 1 unspecified atom stereocenters. The number of aryl methyl sites for hydroxylation is 1. The van der Waals surface area contributed by atoms with E-state index in [1.165, 1.54) is 0 Å². The number of nitrogens with one attached hydrogen (secondary N) is 1. The number of halogens is 1. The van der Waals surface area contributed by atoms with Crippen molar-refractivity contribution in [3.8, 4) is 0 Å². The summed E-state index contributed by atoms with van der Waals surface area (Å²) in [4.78, 5) is 23.5. The van der Waals surface area contributed by atoms with Gasteiger partial charge in [-0.2, -0.15) is 0 Å². The number of hydrogen-bond acceptors (Lipinski definition) is 3. The highest BCUT2D eigenvalue weighted by Crippen LogP contribution is 2.21. The zero-order valence-corrected chi connectivity index (χ0v) is 14.9. The molecule has 0 aliphatic carbocycles. The summed E-state index contributed by atoms with van der Waals surface area (Å²) in [6, 6.07) is 11.9. The second-order valence-electron chi connectivity index (χ2n) is 5.98. The first-order valence-corrected chi connectivity index (χ1v) is 8.42. The summed E-state index contributed by atoms with van der Waals surface area (Å²) < 4.78 is 0. The molecule has 0 radical (unpaired) electrons. The average molecular weight is 358 g/mol. The molecular weight excluding hydrogens is 338 g/mol. The predicted octanol–water partition coefficient (Wildman–Crippen LogP) is 4.75. The van der Waals surface area contributed by atoms with Gasteiger partial charge in [-0.25, -0.2) is 0 Å². The monoisotopic (exact) mass is 357 g/mol. The van der Waals surface area contributed by atoms with Gasteiger partial charge >= 0.3 is 5.97 Å². The SMILES string of the molecule is CCC(CC(=O)O)C(=N)c1ccc(C(=O)c2ccc(Cl)cc2C)cc1. The Morgan fingerprint density at radius 2 is 1.72 bits per heavy atom. The van der Waals surface area contributed by atoms with Gasteiger partial charge < -0.3 is 10.5 Å². The fourth-order valence-electron chi connectivity index (χ4n) is 2.74. The molecule has 130 valence electrons. The Hall–Kier alpha value is -2.46. The van der Waals surface area contributed by atoms with Crippen LogP contribution < -0.4 is 0 Å². The van der Waals surface area contributed by atoms with Gasteiger partial charge in [-0.05, 0) is 42.7 Å². The minimum Gasteiger partial charge on any atom is -0.481 e. The van der Waals surface area contributed by atoms with E-state index in [-0.39, 0.29) is 23.8 Å². The van der Waals surface area contributed by atoms with Crippen LogP contribution in [0.3, 0.4) is 0 Å². The highest BCUT2D eigenvalue weighted by Gasteiger charge is 2.19. The van der Waals surface area contributed by atoms with Crippen molar-refractivity contribution in [3.05, 3.63) is 69.7 Å². The number of benzene rings is 2. The third-order valence-electron chi connectivity index (χ3n) is 4.21. The van der Waals surface area contributed by atoms with Crippen LogP contribution in [0, 0.1) is 18.3 Å². The van der Waals surface area contributed by atoms with Crippen molar-refractivity contribution < 1.29 is 14.7 Å². The molecular formula is C20H20ClNO3. The van der Waals surface area contributed by atoms with Crippen molar-refractivity contribution in [2.45, 2.75) is 26.7 Å². The van der Waals surface area contributed by atoms with Gasteiger partial charge in [0.25, 0.3) is 0 Å². The summed E-state index contributed by atoms with van der Waals surface area (Å²) in [6.45, 7) is 3.70. The number of rotatable bonds is 7. The van der Waals surface area contributed by atoms with Crippen LogP contribution in [-0.4, -0.2) is 22.6 Å². The molecule has 0 aromatic heterocycles. The smallest absolute Gasteiger partial charge is 0.304 e. The first kappa shape index (κ1) is 18.9. The number of carboxylic acid groups (broad SMARTS) is 1. The zero-order valence-electron chi connectivity index (χ0n) is 14.2. The van der Waals surface area contributed by atoms with Crippen molar-refractivity contribution in [3.63, 3.8) is 0 Å². The maximum atomic E-state index is 12.6. The number of ketones is 1. The van der Waals surface area contributed by atoms with Crippen LogP contribution in [0.15, 0.2) is 42.5 Å². The molecule has 2 N–H and O–H groups in total. The Morgan fingerprint density at radius 1 is 1.12 bits per heavy atom. The molecule has 2 aromatic rings. The van der Waals surface area contributed by atoms with Gasteiger partial charge in [-0.1, -0.05) is 42.8 Å². The van der Waals surface area contributed by atoms with E-state index in [9.17, 15) is 9.59 Å². The normalized spacial score (nSPS) is 11.8. The van der Waals surface area contributed by atoms with Crippen molar-refractivity contribution in [2.75, 3.05) is 0 Å². The minimum absolute atomic E-state index is 0.0695. The molecule has 0 saturated heterocycles. The van der Waals surface area contributed by atoms with E-state index < -0.39 is 5.97 Å². The standard InChI is InChI=1S/C20H20ClNO3/c1-3-13(11-18(23)24)19(22)14-4-6-15(7-5-14)20(25)17-9-8-16(21)10-12(17)2/h4-10,13,22H,3,11H2,1-2H3,(H,23,24). The van der Waals surface area contributed by atoms with E-state index in [0.29, 0.717) is 28.1 Å². The molecule has 0 aliphatic heterocycles. The molecule has 1 atom stereocenters. The summed E-state index contributed by atoms with van der Waals surface area (Å²) in [6.07, 6.45) is 0.510. The summed E-state index contributed by atoms with van der Waals surface area (Å²) in [7, 11) is 0. The fourth-order valence-corrected chi connectivity index (χ4v) is 2.96. The molecule has 0 saturated carbocycles. The maximum Gasteiger partial charge on any atom is 0.304 e. The summed E-state index contributed by atoms with van der Waals surface area (Å²) in [5, 5.41) is 17.8. The first-order valence-electron chi connectivity index (χ1n) is 8.05. The Labute approximate surface area is 152 Å². The average Bonchev–Trinajstić information content (AvgIpc) is 2.58. The Balaban J connectivity index is 2.22. The van der Waals surface area contributed by atoms with E-state index in [2.05, 4.69) is 0 Å². The van der Waals surface area contributed by atoms with Crippen LogP contribution in [0.5, 0.6) is 0 Å². The van der Waals surface area contributed by atoms with Crippen molar-refractivity contribution in [1.82, 2.24) is 0 Å². The van der Waals surface area contributed by atoms with Gasteiger partial charge in [-0.15, -0.1) is 0 Å². The molecule has 2 rings (SSSR count). The highest BCUT2D eigenvalue weighted by molar-refractivity contribution is 6.30. The molecule has 0 spiro atoms. The number of carbonyl (C=O) groups excluding carboxylic acids is 1. The minimum atomic E-state index is -0.915. The fraction of sp³-hybridized carbons (Fsp3) is 0.250. The summed E-state index contributed by atoms with van der Waals surface area (Å²) >= 11 is 5.93. The van der Waals surface area contributed by atoms with Crippen LogP contribution in [0.4, 0.5) is 0 Å². The molecule has 4 nitrogen and oxygen atoms in total. The van der Waals surface area contributed by atoms with Crippen LogP contribution in [0.2, 0.25) is 5.02 Å². The van der Waals surface area contributed by atoms with Gasteiger partial charge in [0.2, 0.25) is 0 Å². The first-order chi connectivity index (χ1) is 11.8. The maximum absolute atomic E-state index is 12.6. The quantitative estimate of drug-likeness (QED) is 0.554. The molecule has 5 heteroatoms. The van der Waals surface area contributed by atoms with E-state index >= 15 is 0 Å². The molecule has 0 fully saturated rings. The summed E-state index contributed by atoms with van der Waals surface area (Å²) in [5.41, 5.74) is 2.84. The van der Waals surface area contributed by atoms with E-state index in [4.69, 9.17) is 22.1 Å². The van der Waals surface area contributed by atoms with Gasteiger partial charge in [-0.3, -0.25) is 9.59 Å². The highest BCUT2D eigenvalue weighted by atomic mass is 35.5. The predicted molar refractivity (Wildman–Crippen MR) is 98.9 cm³/mol. The van der Waals surface area contributed by atoms with E-state index in [0.717, 1.165) is 5.56 Å². The number of carboxylic acids is 1. The lowest BCUT2D eigenvalue weighted by Gasteiger charge is -2.14. The van der Waals surface area contributed by atoms with Gasteiger partial charge in [0.15, 0.2) is 5.78 Å². The van der Waals surface area contributed by atoms with Crippen molar-refractivity contribution in [2.24, 2.45) is 5.92 Å². The molecule has 0 heterocycles. The van der Waals surface area contributed by atoms with Crippen LogP contribution in [0.25, 0.3) is 0 Å². The van der Waals surface area contributed by atoms with E-state index in [1.54, 1.807) is 42.5 Å². The molecule has 0 bridgehead atoms.